The molecule has 1 amide bonds. The number of aliphatic hydroxyl groups is 3. The summed E-state index contributed by atoms with van der Waals surface area (Å²) in [5, 5.41) is 53.3. The number of benzene rings is 2. The van der Waals surface area contributed by atoms with Gasteiger partial charge in [-0.05, 0) is 50.3 Å². The van der Waals surface area contributed by atoms with Crippen LogP contribution in [0.1, 0.15) is 68.9 Å². The number of aliphatic carboxylic acids is 1. The van der Waals surface area contributed by atoms with Gasteiger partial charge in [0.05, 0.1) is 97.3 Å². The van der Waals surface area contributed by atoms with Gasteiger partial charge in [-0.15, -0.1) is 0 Å². The third kappa shape index (κ3) is 26.4. The number of carboxylic acid groups (broad SMARTS) is 1. The van der Waals surface area contributed by atoms with Crippen LogP contribution in [-0.4, -0.2) is 176 Å². The maximum Gasteiger partial charge on any atom is 0.364 e. The molecule has 0 heterocycles. The van der Waals surface area contributed by atoms with Crippen molar-refractivity contribution in [2.45, 2.75) is 82.1 Å². The number of halogens is 5. The normalized spacial score (nSPS) is 12.9. The standard InChI is InChI=1S/C50H71F5N6O15.C2H4O2/c1-57-34(13-15-50(69,49(67)68)75-19-6-4-3-5-16-59-44-45(47(66)46(44)65)60-18-21-70-2)11-12-35(62)30-61-37(63)29-32-7-9-33(10-8-32)36(56)31-58-17-22-72-24-26-74-28-27-73-25-23-71-20-14-38(64)76-48-42(54)40(52)39(51)41(53)43(48)55;3-1-2-4/h7-10,31,34-35,57-60,62,69H,3-6,11-30,56H2,1-2H3,(H,61,63)(H,67,68);1,4H,2H2/b36-31-;/t34?,35?,50-;/m0./s1. The summed E-state index contributed by atoms with van der Waals surface area (Å²) in [4.78, 5) is 68.9. The number of methoxy groups -OCH3 is 1. The van der Waals surface area contributed by atoms with Crippen molar-refractivity contribution in [3.8, 4) is 5.75 Å². The Balaban J connectivity index is 0.00000528. The molecule has 0 saturated carbocycles. The number of carbonyl (C=O) groups excluding carboxylic acids is 3. The molecule has 28 heteroatoms. The predicted octanol–water partition coefficient (Wildman–Crippen LogP) is 1.75. The lowest BCUT2D eigenvalue weighted by Gasteiger charge is -2.26. The number of ether oxygens (including phenoxy) is 7. The van der Waals surface area contributed by atoms with Crippen LogP contribution in [0.15, 0.2) is 40.1 Å². The maximum absolute atomic E-state index is 13.6. The molecule has 0 aliphatic carbocycles. The van der Waals surface area contributed by atoms with Gasteiger partial charge < -0.3 is 90.7 Å². The Kier molecular flexibility index (Phi) is 35.0. The number of rotatable bonds is 44. The molecular formula is C52H75F5N6O17. The lowest BCUT2D eigenvalue weighted by Crippen LogP contribution is -2.43. The van der Waals surface area contributed by atoms with Gasteiger partial charge in [-0.1, -0.05) is 37.1 Å². The summed E-state index contributed by atoms with van der Waals surface area (Å²) in [6.07, 6.45) is 4.12. The second-order valence-electron chi connectivity index (χ2n) is 17.5. The van der Waals surface area contributed by atoms with Crippen LogP contribution in [-0.2, 0) is 54.0 Å². The summed E-state index contributed by atoms with van der Waals surface area (Å²) >= 11 is 0. The summed E-state index contributed by atoms with van der Waals surface area (Å²) in [6.45, 7) is 2.73. The summed E-state index contributed by atoms with van der Waals surface area (Å²) in [5.74, 6) is -18.5. The first-order valence-electron chi connectivity index (χ1n) is 25.7. The Labute approximate surface area is 459 Å². The summed E-state index contributed by atoms with van der Waals surface area (Å²) in [5.41, 5.74) is 7.50. The van der Waals surface area contributed by atoms with E-state index < -0.39 is 75.9 Å². The average Bonchev–Trinajstić information content (AvgIpc) is 3.47. The van der Waals surface area contributed by atoms with Crippen molar-refractivity contribution in [3.63, 3.8) is 0 Å². The van der Waals surface area contributed by atoms with Gasteiger partial charge >= 0.3 is 11.9 Å². The second kappa shape index (κ2) is 40.0. The molecule has 23 nitrogen and oxygen atoms in total. The smallest absolute Gasteiger partial charge is 0.364 e. The van der Waals surface area contributed by atoms with Crippen molar-refractivity contribution in [1.29, 1.82) is 0 Å². The van der Waals surface area contributed by atoms with Crippen LogP contribution in [0.5, 0.6) is 5.75 Å². The fourth-order valence-electron chi connectivity index (χ4n) is 7.03. The molecule has 3 aromatic carbocycles. The van der Waals surface area contributed by atoms with Gasteiger partial charge in [0.1, 0.15) is 17.7 Å². The molecule has 0 bridgehead atoms. The van der Waals surface area contributed by atoms with Gasteiger partial charge in [-0.25, -0.2) is 18.0 Å². The molecule has 3 atom stereocenters. The van der Waals surface area contributed by atoms with Crippen molar-refractivity contribution >= 4 is 41.2 Å². The molecule has 0 aromatic heterocycles. The van der Waals surface area contributed by atoms with Gasteiger partial charge in [0.25, 0.3) is 16.6 Å². The maximum atomic E-state index is 13.6. The van der Waals surface area contributed by atoms with Crippen molar-refractivity contribution < 1.29 is 94.7 Å². The second-order valence-corrected chi connectivity index (χ2v) is 17.5. The number of anilines is 2. The lowest BCUT2D eigenvalue weighted by molar-refractivity contribution is -0.227. The zero-order valence-electron chi connectivity index (χ0n) is 44.9. The molecule has 450 valence electrons. The third-order valence-electron chi connectivity index (χ3n) is 11.5. The van der Waals surface area contributed by atoms with Crippen LogP contribution in [0.4, 0.5) is 33.3 Å². The Hall–Kier alpha value is -6.21. The van der Waals surface area contributed by atoms with Crippen LogP contribution in [0.2, 0.25) is 0 Å². The third-order valence-corrected chi connectivity index (χ3v) is 11.5. The number of nitrogens with one attached hydrogen (secondary N) is 5. The van der Waals surface area contributed by atoms with Crippen LogP contribution in [0.3, 0.4) is 0 Å². The van der Waals surface area contributed by atoms with Gasteiger partial charge in [-0.3, -0.25) is 19.2 Å². The summed E-state index contributed by atoms with van der Waals surface area (Å²) < 4.78 is 103. The van der Waals surface area contributed by atoms with E-state index in [0.717, 1.165) is 17.5 Å². The molecular weight excluding hydrogens is 1080 g/mol. The molecule has 0 fully saturated rings. The molecule has 2 unspecified atom stereocenters. The SMILES string of the molecule is CNC(CCC(O)CNC(=O)Cc1ccc(/C(N)=C/NCCOCCOCCOCCOCCC(=O)Oc2c(F)c(F)c(F)c(F)c2F)cc1)CC[C@](O)(OCCCCCCNc1c(NCCOC)c(=O)c1=O)C(=O)O.O=CCO. The molecule has 3 rings (SSSR count). The molecule has 80 heavy (non-hydrogen) atoms. The Morgan fingerprint density at radius 2 is 1.27 bits per heavy atom. The van der Waals surface area contributed by atoms with Crippen molar-refractivity contribution in [2.75, 3.05) is 124 Å². The monoisotopic (exact) mass is 1150 g/mol. The van der Waals surface area contributed by atoms with Crippen molar-refractivity contribution in [1.82, 2.24) is 16.0 Å². The average molecular weight is 1150 g/mol. The highest BCUT2D eigenvalue weighted by molar-refractivity contribution is 5.79. The first-order chi connectivity index (χ1) is 38.3. The Morgan fingerprint density at radius 3 is 1.84 bits per heavy atom. The number of aldehydes is 1. The number of unbranched alkanes of at least 4 members (excludes halogenated alkanes) is 3. The Morgan fingerprint density at radius 1 is 0.725 bits per heavy atom. The fourth-order valence-corrected chi connectivity index (χ4v) is 7.03. The quantitative estimate of drug-likeness (QED) is 0.00444. The molecule has 11 N–H and O–H groups in total. The fraction of sp³-hybridized carbons (Fsp3) is 0.577. The van der Waals surface area contributed by atoms with Gasteiger partial charge in [0, 0.05) is 52.0 Å². The van der Waals surface area contributed by atoms with E-state index in [0.29, 0.717) is 90.1 Å². The molecule has 0 aliphatic heterocycles. The largest absolute Gasteiger partial charge is 0.477 e. The first-order valence-corrected chi connectivity index (χ1v) is 25.7. The Bertz CT molecular complexity index is 2390. The zero-order chi connectivity index (χ0) is 59.3. The number of aliphatic hydroxyl groups excluding tert-OH is 2. The first kappa shape index (κ1) is 69.9. The molecule has 0 radical (unpaired) electrons. The van der Waals surface area contributed by atoms with E-state index in [1.165, 1.54) is 7.11 Å². The van der Waals surface area contributed by atoms with Crippen LogP contribution in [0.25, 0.3) is 5.70 Å². The zero-order valence-corrected chi connectivity index (χ0v) is 44.9. The summed E-state index contributed by atoms with van der Waals surface area (Å²) in [7, 11) is 3.22. The minimum Gasteiger partial charge on any atom is -0.477 e. The highest BCUT2D eigenvalue weighted by Gasteiger charge is 2.37. The van der Waals surface area contributed by atoms with E-state index in [1.807, 2.05) is 0 Å². The number of amides is 1. The van der Waals surface area contributed by atoms with E-state index >= 15 is 0 Å². The predicted molar refractivity (Wildman–Crippen MR) is 281 cm³/mol. The highest BCUT2D eigenvalue weighted by atomic mass is 19.2. The minimum atomic E-state index is -2.39. The van der Waals surface area contributed by atoms with Gasteiger partial charge in [0.2, 0.25) is 40.7 Å². The topological polar surface area (TPSA) is 334 Å². The van der Waals surface area contributed by atoms with Crippen molar-refractivity contribution in [3.05, 3.63) is 91.1 Å². The molecule has 0 spiro atoms. The van der Waals surface area contributed by atoms with Crippen LogP contribution >= 0.6 is 0 Å². The lowest BCUT2D eigenvalue weighted by atomic mass is 9.99. The number of hydrogen-bond acceptors (Lipinski definition) is 21. The van der Waals surface area contributed by atoms with E-state index in [2.05, 4.69) is 31.3 Å². The molecule has 0 aliphatic rings. The van der Waals surface area contributed by atoms with Gasteiger partial charge in [0.15, 0.2) is 0 Å². The number of esters is 1. The van der Waals surface area contributed by atoms with Crippen LogP contribution < -0.4 is 47.9 Å². The van der Waals surface area contributed by atoms with Gasteiger partial charge in [-0.2, -0.15) is 8.78 Å². The number of nitrogens with two attached hydrogens (primary N) is 1. The molecule has 0 saturated heterocycles. The van der Waals surface area contributed by atoms with E-state index in [4.69, 9.17) is 44.1 Å². The molecule has 3 aromatic rings. The summed E-state index contributed by atoms with van der Waals surface area (Å²) in [6, 6.07) is 6.84. The van der Waals surface area contributed by atoms with E-state index in [9.17, 15) is 61.2 Å². The number of carboxylic acids is 1. The number of hydrogen-bond donors (Lipinski definition) is 10. The highest BCUT2D eigenvalue weighted by Crippen LogP contribution is 2.29. The van der Waals surface area contributed by atoms with Crippen molar-refractivity contribution in [2.24, 2.45) is 5.73 Å². The minimum absolute atomic E-state index is 0.00719. The number of carbonyl (C=O) groups is 4. The van der Waals surface area contributed by atoms with E-state index in [1.54, 1.807) is 37.5 Å². The van der Waals surface area contributed by atoms with Crippen LogP contribution in [0, 0.1) is 29.1 Å². The van der Waals surface area contributed by atoms with E-state index in [-0.39, 0.29) is 95.4 Å².